The molecule has 2 aliphatic rings. The van der Waals surface area contributed by atoms with Gasteiger partial charge in [0.1, 0.15) is 6.61 Å². The van der Waals surface area contributed by atoms with E-state index in [2.05, 4.69) is 52.7 Å². The number of fused-ring (bicyclic) bond motifs is 2. The zero-order chi connectivity index (χ0) is 15.6. The zero-order valence-corrected chi connectivity index (χ0v) is 13.2. The number of nitrogens with zero attached hydrogens (tertiary/aromatic N) is 1. The van der Waals surface area contributed by atoms with Crippen LogP contribution >= 0.6 is 0 Å². The molecule has 2 fully saturated rings. The molecule has 23 heavy (non-hydrogen) atoms. The van der Waals surface area contributed by atoms with E-state index in [0.717, 1.165) is 32.5 Å². The summed E-state index contributed by atoms with van der Waals surface area (Å²) in [6.07, 6.45) is 2.12. The molecule has 4 heteroatoms. The summed E-state index contributed by atoms with van der Waals surface area (Å²) in [6.45, 7) is 3.19. The van der Waals surface area contributed by atoms with Gasteiger partial charge in [-0.15, -0.1) is 0 Å². The average Bonchev–Trinajstić information content (AvgIpc) is 2.77. The van der Waals surface area contributed by atoms with E-state index in [1.807, 2.05) is 0 Å². The van der Waals surface area contributed by atoms with Crippen LogP contribution in [0.25, 0.3) is 10.8 Å². The summed E-state index contributed by atoms with van der Waals surface area (Å²) >= 11 is 0. The summed E-state index contributed by atoms with van der Waals surface area (Å²) in [5, 5.41) is 5.66. The van der Waals surface area contributed by atoms with Crippen LogP contribution in [0.15, 0.2) is 42.5 Å². The Labute approximate surface area is 136 Å². The molecule has 4 rings (SSSR count). The van der Waals surface area contributed by atoms with Gasteiger partial charge in [-0.05, 0) is 35.2 Å². The summed E-state index contributed by atoms with van der Waals surface area (Å²) in [7, 11) is 0. The summed E-state index contributed by atoms with van der Waals surface area (Å²) in [6, 6.07) is 15.4. The predicted octanol–water partition coefficient (Wildman–Crippen LogP) is 2.32. The number of ether oxygens (including phenoxy) is 1. The average molecular weight is 310 g/mol. The van der Waals surface area contributed by atoms with Crippen LogP contribution in [0.3, 0.4) is 0 Å². The van der Waals surface area contributed by atoms with Crippen molar-refractivity contribution in [3.05, 3.63) is 48.0 Å². The van der Waals surface area contributed by atoms with E-state index in [9.17, 15) is 4.79 Å². The fourth-order valence-corrected chi connectivity index (χ4v) is 3.68. The quantitative estimate of drug-likeness (QED) is 0.925. The van der Waals surface area contributed by atoms with Gasteiger partial charge < -0.3 is 10.1 Å². The van der Waals surface area contributed by atoms with Crippen LogP contribution in [-0.4, -0.2) is 42.6 Å². The number of hydrogen-bond donors (Lipinski definition) is 1. The number of rotatable bonds is 2. The van der Waals surface area contributed by atoms with Gasteiger partial charge in [0.05, 0.1) is 12.1 Å². The summed E-state index contributed by atoms with van der Waals surface area (Å²) in [4.78, 5) is 13.9. The van der Waals surface area contributed by atoms with Crippen molar-refractivity contribution in [3.8, 4) is 0 Å². The third-order valence-corrected chi connectivity index (χ3v) is 4.93. The van der Waals surface area contributed by atoms with Crippen molar-refractivity contribution in [2.75, 3.05) is 19.7 Å². The van der Waals surface area contributed by atoms with Gasteiger partial charge in [0, 0.05) is 19.6 Å². The lowest BCUT2D eigenvalue weighted by molar-refractivity contribution is -0.136. The van der Waals surface area contributed by atoms with Gasteiger partial charge in [0.15, 0.2) is 0 Å². The number of carbonyl (C=O) groups excluding carboxylic acids is 1. The van der Waals surface area contributed by atoms with Gasteiger partial charge in [0.2, 0.25) is 5.91 Å². The smallest absolute Gasteiger partial charge is 0.246 e. The van der Waals surface area contributed by atoms with Crippen LogP contribution in [0, 0.1) is 0 Å². The van der Waals surface area contributed by atoms with Crippen molar-refractivity contribution in [1.29, 1.82) is 0 Å². The standard InChI is InChI=1S/C19H22N2O2/c22-19-13-23-18-8-10-21(9-7-17(18)20-19)12-14-5-6-15-3-1-2-4-16(15)11-14/h1-6,11,17-18H,7-10,12-13H2,(H,20,22)/t17-,18-/m0/s1. The summed E-state index contributed by atoms with van der Waals surface area (Å²) < 4.78 is 5.69. The normalized spacial score (nSPS) is 25.7. The molecular weight excluding hydrogens is 288 g/mol. The Morgan fingerprint density at radius 1 is 1.09 bits per heavy atom. The first-order valence-corrected chi connectivity index (χ1v) is 8.39. The number of benzene rings is 2. The molecule has 0 unspecified atom stereocenters. The number of morpholine rings is 1. The highest BCUT2D eigenvalue weighted by molar-refractivity contribution is 5.83. The minimum atomic E-state index is 0.0224. The SMILES string of the molecule is O=C1CO[C@H]2CCN(Cc3ccc4ccccc4c3)CC[C@@H]2N1. The first-order valence-electron chi connectivity index (χ1n) is 8.39. The van der Waals surface area contributed by atoms with Crippen molar-refractivity contribution in [2.24, 2.45) is 0 Å². The minimum Gasteiger partial charge on any atom is -0.366 e. The molecular formula is C19H22N2O2. The zero-order valence-electron chi connectivity index (χ0n) is 13.2. The minimum absolute atomic E-state index is 0.0224. The predicted molar refractivity (Wildman–Crippen MR) is 90.1 cm³/mol. The highest BCUT2D eigenvalue weighted by Gasteiger charge is 2.32. The molecule has 1 N–H and O–H groups in total. The van der Waals surface area contributed by atoms with E-state index in [1.165, 1.54) is 16.3 Å². The fourth-order valence-electron chi connectivity index (χ4n) is 3.68. The molecule has 1 amide bonds. The molecule has 0 spiro atoms. The Morgan fingerprint density at radius 2 is 1.91 bits per heavy atom. The molecule has 2 saturated heterocycles. The fraction of sp³-hybridized carbons (Fsp3) is 0.421. The molecule has 120 valence electrons. The number of hydrogen-bond acceptors (Lipinski definition) is 3. The molecule has 0 saturated carbocycles. The Balaban J connectivity index is 1.45. The highest BCUT2D eigenvalue weighted by Crippen LogP contribution is 2.21. The van der Waals surface area contributed by atoms with Gasteiger partial charge in [0.25, 0.3) is 0 Å². The largest absolute Gasteiger partial charge is 0.366 e. The van der Waals surface area contributed by atoms with Gasteiger partial charge in [-0.1, -0.05) is 36.4 Å². The van der Waals surface area contributed by atoms with Gasteiger partial charge in [-0.25, -0.2) is 0 Å². The van der Waals surface area contributed by atoms with Gasteiger partial charge in [-0.2, -0.15) is 0 Å². The van der Waals surface area contributed by atoms with E-state index in [4.69, 9.17) is 4.74 Å². The second-order valence-corrected chi connectivity index (χ2v) is 6.56. The van der Waals surface area contributed by atoms with Crippen molar-refractivity contribution in [3.63, 3.8) is 0 Å². The first kappa shape index (κ1) is 14.7. The van der Waals surface area contributed by atoms with Crippen LogP contribution < -0.4 is 5.32 Å². The van der Waals surface area contributed by atoms with Crippen LogP contribution in [0.4, 0.5) is 0 Å². The Hall–Kier alpha value is -1.91. The molecule has 0 bridgehead atoms. The number of nitrogens with one attached hydrogen (secondary N) is 1. The van der Waals surface area contributed by atoms with Crippen molar-refractivity contribution < 1.29 is 9.53 Å². The van der Waals surface area contributed by atoms with Crippen LogP contribution in [-0.2, 0) is 16.1 Å². The Morgan fingerprint density at radius 3 is 2.83 bits per heavy atom. The lowest BCUT2D eigenvalue weighted by Crippen LogP contribution is -2.51. The molecule has 2 atom stereocenters. The topological polar surface area (TPSA) is 41.6 Å². The van der Waals surface area contributed by atoms with E-state index in [1.54, 1.807) is 0 Å². The molecule has 0 radical (unpaired) electrons. The molecule has 2 aliphatic heterocycles. The lowest BCUT2D eigenvalue weighted by Gasteiger charge is -2.30. The van der Waals surface area contributed by atoms with E-state index < -0.39 is 0 Å². The molecule has 0 aliphatic carbocycles. The number of amides is 1. The first-order chi connectivity index (χ1) is 11.3. The monoisotopic (exact) mass is 310 g/mol. The second-order valence-electron chi connectivity index (χ2n) is 6.56. The molecule has 0 aromatic heterocycles. The third-order valence-electron chi connectivity index (χ3n) is 4.93. The van der Waals surface area contributed by atoms with E-state index in [0.29, 0.717) is 0 Å². The molecule has 4 nitrogen and oxygen atoms in total. The van der Waals surface area contributed by atoms with Gasteiger partial charge >= 0.3 is 0 Å². The maximum absolute atomic E-state index is 11.5. The second kappa shape index (κ2) is 6.30. The van der Waals surface area contributed by atoms with Crippen molar-refractivity contribution in [2.45, 2.75) is 31.5 Å². The third kappa shape index (κ3) is 3.23. The highest BCUT2D eigenvalue weighted by atomic mass is 16.5. The van der Waals surface area contributed by atoms with E-state index in [-0.39, 0.29) is 24.7 Å². The summed E-state index contributed by atoms with van der Waals surface area (Å²) in [5.41, 5.74) is 1.35. The Kier molecular flexibility index (Phi) is 4.02. The van der Waals surface area contributed by atoms with Gasteiger partial charge in [-0.3, -0.25) is 9.69 Å². The van der Waals surface area contributed by atoms with Crippen LogP contribution in [0.1, 0.15) is 18.4 Å². The van der Waals surface area contributed by atoms with Crippen molar-refractivity contribution in [1.82, 2.24) is 10.2 Å². The number of likely N-dealkylation sites (tertiary alicyclic amines) is 1. The van der Waals surface area contributed by atoms with Crippen LogP contribution in [0.2, 0.25) is 0 Å². The lowest BCUT2D eigenvalue weighted by atomic mass is 10.0. The molecule has 2 aromatic rings. The van der Waals surface area contributed by atoms with Crippen molar-refractivity contribution >= 4 is 16.7 Å². The molecule has 2 heterocycles. The Bertz CT molecular complexity index is 715. The van der Waals surface area contributed by atoms with Crippen LogP contribution in [0.5, 0.6) is 0 Å². The maximum Gasteiger partial charge on any atom is 0.246 e. The van der Waals surface area contributed by atoms with E-state index >= 15 is 0 Å². The maximum atomic E-state index is 11.5. The molecule has 2 aromatic carbocycles. The summed E-state index contributed by atoms with van der Waals surface area (Å²) in [5.74, 6) is 0.0224. The number of carbonyl (C=O) groups is 1.